The van der Waals surface area contributed by atoms with Crippen molar-refractivity contribution in [1.82, 2.24) is 0 Å². The minimum Gasteiger partial charge on any atom is -0.493 e. The van der Waals surface area contributed by atoms with Crippen LogP contribution < -0.4 is 5.73 Å². The largest absolute Gasteiger partial charge is 0.493 e. The van der Waals surface area contributed by atoms with Gasteiger partial charge >= 0.3 is 5.97 Å². The van der Waals surface area contributed by atoms with Gasteiger partial charge in [0.25, 0.3) is 5.79 Å². The Morgan fingerprint density at radius 1 is 1.05 bits per heavy atom. The summed E-state index contributed by atoms with van der Waals surface area (Å²) in [4.78, 5) is 12.3. The van der Waals surface area contributed by atoms with Crippen molar-refractivity contribution in [3.63, 3.8) is 0 Å². The summed E-state index contributed by atoms with van der Waals surface area (Å²) in [6, 6.07) is -1.44. The van der Waals surface area contributed by atoms with Crippen LogP contribution in [0.4, 0.5) is 0 Å². The Bertz CT molecular complexity index is 818. The maximum atomic E-state index is 12.3. The number of aliphatic hydroxyl groups excluding tert-OH is 9. The highest BCUT2D eigenvalue weighted by Gasteiger charge is 2.59. The molecule has 0 radical (unpaired) electrons. The first kappa shape index (κ1) is 31.0. The number of aliphatic hydroxyl groups is 9. The lowest BCUT2D eigenvalue weighted by atomic mass is 9.88. The van der Waals surface area contributed by atoms with Crippen LogP contribution in [0.25, 0.3) is 0 Å². The van der Waals surface area contributed by atoms with Gasteiger partial charge in [0.2, 0.25) is 0 Å². The number of hydrogen-bond acceptors (Lipinski definition) is 16. The first-order valence-electron chi connectivity index (χ1n) is 11.8. The Balaban J connectivity index is 1.90. The molecule has 220 valence electrons. The van der Waals surface area contributed by atoms with Gasteiger partial charge < -0.3 is 80.5 Å². The average Bonchev–Trinajstić information content (AvgIpc) is 2.89. The summed E-state index contributed by atoms with van der Waals surface area (Å²) in [5.74, 6) is -4.74. The van der Waals surface area contributed by atoms with Crippen molar-refractivity contribution in [2.45, 2.75) is 91.7 Å². The number of nitrogens with two attached hydrogens (primary N) is 1. The Hall–Kier alpha value is -1.55. The zero-order valence-electron chi connectivity index (χ0n) is 20.0. The Kier molecular flexibility index (Phi) is 10.4. The molecule has 0 aromatic carbocycles. The van der Waals surface area contributed by atoms with Crippen LogP contribution in [0.5, 0.6) is 0 Å². The van der Waals surface area contributed by atoms with Crippen LogP contribution in [0.2, 0.25) is 0 Å². The molecule has 17 heteroatoms. The third-order valence-corrected chi connectivity index (χ3v) is 6.72. The molecule has 0 amide bonds. The van der Waals surface area contributed by atoms with Crippen molar-refractivity contribution >= 4 is 5.97 Å². The average molecular weight is 558 g/mol. The van der Waals surface area contributed by atoms with E-state index >= 15 is 0 Å². The molecule has 3 rings (SSSR count). The summed E-state index contributed by atoms with van der Waals surface area (Å²) in [6.45, 7) is -2.43. The monoisotopic (exact) mass is 557 g/mol. The molecule has 0 saturated carbocycles. The SMILES string of the molecule is N[C@H]1[C@H]([C@H](O)[C@H](O)CO)O[C@@](O[C@H]2[C@@H](O)[C@@H](CO)O[C@@H](O[C@H]3[C@H](O)C=CO[C@@H]3CO)[C@@H]2O)(C(=O)O)C[C@@H]1O. The summed E-state index contributed by atoms with van der Waals surface area (Å²) < 4.78 is 27.1. The van der Waals surface area contributed by atoms with E-state index in [0.717, 1.165) is 6.26 Å². The smallest absolute Gasteiger partial charge is 0.364 e. The number of hydrogen-bond donors (Lipinski definition) is 11. The third kappa shape index (κ3) is 6.11. The molecule has 0 unspecified atom stereocenters. The van der Waals surface area contributed by atoms with Crippen molar-refractivity contribution in [2.75, 3.05) is 19.8 Å². The Morgan fingerprint density at radius 3 is 2.29 bits per heavy atom. The van der Waals surface area contributed by atoms with Crippen LogP contribution in [-0.4, -0.2) is 162 Å². The number of carboxylic acids is 1. The first-order valence-corrected chi connectivity index (χ1v) is 11.8. The van der Waals surface area contributed by atoms with E-state index in [9.17, 15) is 50.8 Å². The van der Waals surface area contributed by atoms with Gasteiger partial charge in [-0.1, -0.05) is 0 Å². The zero-order valence-corrected chi connectivity index (χ0v) is 20.0. The lowest BCUT2D eigenvalue weighted by Crippen LogP contribution is -2.69. The fourth-order valence-electron chi connectivity index (χ4n) is 4.49. The second-order valence-corrected chi connectivity index (χ2v) is 9.30. The number of rotatable bonds is 10. The molecule has 3 heterocycles. The van der Waals surface area contributed by atoms with Crippen LogP contribution in [0.1, 0.15) is 6.42 Å². The van der Waals surface area contributed by atoms with Crippen LogP contribution in [0, 0.1) is 0 Å². The number of carboxylic acid groups (broad SMARTS) is 1. The molecule has 0 spiro atoms. The van der Waals surface area contributed by atoms with E-state index < -0.39 is 117 Å². The number of ether oxygens (including phenoxy) is 5. The lowest BCUT2D eigenvalue weighted by Gasteiger charge is -2.49. The van der Waals surface area contributed by atoms with Gasteiger partial charge in [-0.15, -0.1) is 0 Å². The third-order valence-electron chi connectivity index (χ3n) is 6.72. The molecular weight excluding hydrogens is 522 g/mol. The molecule has 38 heavy (non-hydrogen) atoms. The van der Waals surface area contributed by atoms with E-state index in [-0.39, 0.29) is 0 Å². The van der Waals surface area contributed by atoms with Crippen LogP contribution in [0.15, 0.2) is 12.3 Å². The molecular formula is C21H35NO16. The van der Waals surface area contributed by atoms with Gasteiger partial charge in [0.05, 0.1) is 38.2 Å². The molecule has 3 aliphatic heterocycles. The van der Waals surface area contributed by atoms with Crippen LogP contribution in [-0.2, 0) is 28.5 Å². The quantitative estimate of drug-likeness (QED) is 0.119. The van der Waals surface area contributed by atoms with Gasteiger partial charge in [0.1, 0.15) is 61.0 Å². The molecule has 14 atom stereocenters. The molecule has 0 aromatic rings. The van der Waals surface area contributed by atoms with Crippen molar-refractivity contribution in [2.24, 2.45) is 5.73 Å². The summed E-state index contributed by atoms with van der Waals surface area (Å²) in [5.41, 5.74) is 5.82. The van der Waals surface area contributed by atoms with E-state index in [2.05, 4.69) is 0 Å². The second-order valence-electron chi connectivity index (χ2n) is 9.30. The van der Waals surface area contributed by atoms with Crippen LogP contribution >= 0.6 is 0 Å². The molecule has 0 aromatic heterocycles. The molecule has 17 nitrogen and oxygen atoms in total. The minimum absolute atomic E-state index is 0.613. The fraction of sp³-hybridized carbons (Fsp3) is 0.857. The van der Waals surface area contributed by atoms with E-state index in [1.807, 2.05) is 0 Å². The first-order chi connectivity index (χ1) is 17.9. The maximum absolute atomic E-state index is 12.3. The number of aliphatic carboxylic acids is 1. The molecule has 2 saturated heterocycles. The summed E-state index contributed by atoms with van der Waals surface area (Å²) in [7, 11) is 0. The maximum Gasteiger partial charge on any atom is 0.364 e. The lowest BCUT2D eigenvalue weighted by molar-refractivity contribution is -0.375. The summed E-state index contributed by atoms with van der Waals surface area (Å²) in [6.07, 6.45) is -18.7. The van der Waals surface area contributed by atoms with Crippen molar-refractivity contribution < 1.29 is 79.5 Å². The van der Waals surface area contributed by atoms with E-state index in [1.54, 1.807) is 0 Å². The molecule has 0 bridgehead atoms. The van der Waals surface area contributed by atoms with Gasteiger partial charge in [-0.3, -0.25) is 0 Å². The van der Waals surface area contributed by atoms with Gasteiger partial charge in [-0.05, 0) is 6.08 Å². The van der Waals surface area contributed by atoms with Gasteiger partial charge in [-0.25, -0.2) is 4.79 Å². The van der Waals surface area contributed by atoms with Crippen LogP contribution in [0.3, 0.4) is 0 Å². The van der Waals surface area contributed by atoms with Gasteiger partial charge in [-0.2, -0.15) is 0 Å². The fourth-order valence-corrected chi connectivity index (χ4v) is 4.49. The highest BCUT2D eigenvalue weighted by Crippen LogP contribution is 2.37. The Morgan fingerprint density at radius 2 is 1.71 bits per heavy atom. The van der Waals surface area contributed by atoms with E-state index in [4.69, 9.17) is 34.5 Å². The molecule has 2 fully saturated rings. The van der Waals surface area contributed by atoms with E-state index in [1.165, 1.54) is 6.08 Å². The van der Waals surface area contributed by atoms with E-state index in [0.29, 0.717) is 0 Å². The van der Waals surface area contributed by atoms with Gasteiger partial charge in [0.15, 0.2) is 6.29 Å². The van der Waals surface area contributed by atoms with Crippen molar-refractivity contribution in [1.29, 1.82) is 0 Å². The highest BCUT2D eigenvalue weighted by atomic mass is 16.8. The summed E-state index contributed by atoms with van der Waals surface area (Å²) in [5, 5.41) is 101. The van der Waals surface area contributed by atoms with Crippen molar-refractivity contribution in [3.05, 3.63) is 12.3 Å². The predicted octanol–water partition coefficient (Wildman–Crippen LogP) is -6.57. The topological polar surface area (TPSA) is 292 Å². The standard InChI is InChI=1S/C21H35NO16/c22-12-8(27)3-21(20(32)33,37-17(12)13(29)9(28)4-23)38-18-14(30)10(5-24)35-19(15(18)31)36-16-7(26)1-2-34-11(16)6-25/h1-2,7-19,23-31H,3-6,22H2,(H,32,33)/t7-,8+,9-,10-,11-,12-,13-,14+,15-,16+,17-,18+,19+,21+/m1/s1. The van der Waals surface area contributed by atoms with Gasteiger partial charge in [0, 0.05) is 6.42 Å². The predicted molar refractivity (Wildman–Crippen MR) is 118 cm³/mol. The summed E-state index contributed by atoms with van der Waals surface area (Å²) >= 11 is 0. The highest BCUT2D eigenvalue weighted by molar-refractivity contribution is 5.76. The number of carbonyl (C=O) groups is 1. The Labute approximate surface area is 215 Å². The molecule has 12 N–H and O–H groups in total. The molecule has 3 aliphatic rings. The molecule has 0 aliphatic carbocycles. The second kappa shape index (κ2) is 12.7. The zero-order chi connectivity index (χ0) is 28.4. The van der Waals surface area contributed by atoms with Crippen molar-refractivity contribution in [3.8, 4) is 0 Å². The normalized spacial score (nSPS) is 45.3. The minimum atomic E-state index is -2.87.